The molecule has 0 unspecified atom stereocenters. The number of nitrogens with zero attached hydrogens (tertiary/aromatic N) is 2. The second-order valence-corrected chi connectivity index (χ2v) is 9.98. The van der Waals surface area contributed by atoms with Crippen molar-refractivity contribution in [2.75, 3.05) is 0 Å². The van der Waals surface area contributed by atoms with E-state index in [4.69, 9.17) is 27.6 Å². The van der Waals surface area contributed by atoms with Gasteiger partial charge in [0.05, 0.1) is 32.6 Å². The molecule has 2 aromatic heterocycles. The lowest BCUT2D eigenvalue weighted by Gasteiger charge is -2.21. The zero-order chi connectivity index (χ0) is 29.7. The Labute approximate surface area is 246 Å². The number of benzene rings is 3. The van der Waals surface area contributed by atoms with E-state index >= 15 is 0 Å². The fraction of sp³-hybridized carbons (Fsp3) is 0. The van der Waals surface area contributed by atoms with Crippen LogP contribution in [-0.2, 0) is 0 Å². The van der Waals surface area contributed by atoms with Gasteiger partial charge in [0.1, 0.15) is 17.1 Å². The van der Waals surface area contributed by atoms with Gasteiger partial charge in [-0.15, -0.1) is 0 Å². The third-order valence-corrected chi connectivity index (χ3v) is 7.42. The smallest absolute Gasteiger partial charge is 0.337 e. The van der Waals surface area contributed by atoms with Gasteiger partial charge in [-0.3, -0.25) is 14.8 Å². The monoisotopic (exact) mass is 598 g/mol. The number of carboxylic acids is 2. The highest BCUT2D eigenvalue weighted by Gasteiger charge is 2.30. The van der Waals surface area contributed by atoms with E-state index in [0.29, 0.717) is 11.4 Å². The van der Waals surface area contributed by atoms with Crippen LogP contribution in [0.4, 0.5) is 0 Å². The summed E-state index contributed by atoms with van der Waals surface area (Å²) in [5.74, 6) is -3.08. The number of aromatic nitrogens is 2. The van der Waals surface area contributed by atoms with E-state index < -0.39 is 33.5 Å². The minimum absolute atomic E-state index is 0.0245. The SMILES string of the molecule is O=C(O)c1cc(Cl)c(C(=O)O)c(-c2c3cc(-c4ccccn4)c(=O)cc-3oc3cc(O)c(-c4ccccn4)cc23)c1Cl. The largest absolute Gasteiger partial charge is 0.507 e. The summed E-state index contributed by atoms with van der Waals surface area (Å²) in [6.07, 6.45) is 3.05. The summed E-state index contributed by atoms with van der Waals surface area (Å²) in [6, 6.07) is 16.6. The summed E-state index contributed by atoms with van der Waals surface area (Å²) in [4.78, 5) is 46.5. The summed E-state index contributed by atoms with van der Waals surface area (Å²) in [5, 5.41) is 30.5. The maximum absolute atomic E-state index is 13.2. The van der Waals surface area contributed by atoms with Gasteiger partial charge in [0.25, 0.3) is 0 Å². The van der Waals surface area contributed by atoms with Crippen LogP contribution < -0.4 is 5.43 Å². The molecular formula is C31H16Cl2N2O7. The Morgan fingerprint density at radius 3 is 2.02 bits per heavy atom. The van der Waals surface area contributed by atoms with Crippen molar-refractivity contribution in [1.29, 1.82) is 0 Å². The Morgan fingerprint density at radius 2 is 1.43 bits per heavy atom. The highest BCUT2D eigenvalue weighted by atomic mass is 35.5. The van der Waals surface area contributed by atoms with E-state index in [9.17, 15) is 29.7 Å². The molecule has 1 aliphatic heterocycles. The maximum Gasteiger partial charge on any atom is 0.337 e. The van der Waals surface area contributed by atoms with Gasteiger partial charge in [0.2, 0.25) is 0 Å². The molecule has 9 nitrogen and oxygen atoms in total. The standard InChI is InChI=1S/C31H16Cl2N2O7/c32-19-11-18(30(38)39)29(33)28(27(19)31(40)41)26-16-9-14(20-5-1-3-7-34-20)22(36)12-24(16)42-25-13-23(37)15(10-17(25)26)21-6-2-4-8-35-21/h1-13,36H,(H,38,39)(H,40,41). The minimum Gasteiger partial charge on any atom is -0.507 e. The van der Waals surface area contributed by atoms with Crippen molar-refractivity contribution in [2.24, 2.45) is 0 Å². The van der Waals surface area contributed by atoms with Crippen LogP contribution in [0.15, 0.2) is 88.3 Å². The van der Waals surface area contributed by atoms with E-state index in [1.54, 1.807) is 36.4 Å². The molecule has 206 valence electrons. The number of pyridine rings is 2. The lowest BCUT2D eigenvalue weighted by atomic mass is 9.87. The average Bonchev–Trinajstić information content (AvgIpc) is 2.97. The molecule has 2 aromatic carbocycles. The average molecular weight is 599 g/mol. The molecule has 0 amide bonds. The lowest BCUT2D eigenvalue weighted by molar-refractivity contribution is 0.0682. The number of aromatic hydroxyl groups is 1. The topological polar surface area (TPSA) is 151 Å². The van der Waals surface area contributed by atoms with Crippen LogP contribution in [0.2, 0.25) is 10.0 Å². The van der Waals surface area contributed by atoms with Crippen molar-refractivity contribution in [3.63, 3.8) is 0 Å². The molecule has 4 aromatic rings. The molecule has 0 saturated carbocycles. The number of phenols is 1. The number of fused-ring (bicyclic) bond motifs is 2. The quantitative estimate of drug-likeness (QED) is 0.176. The maximum atomic E-state index is 13.2. The minimum atomic E-state index is -1.47. The number of hydrogen-bond donors (Lipinski definition) is 3. The van der Waals surface area contributed by atoms with Gasteiger partial charge in [-0.1, -0.05) is 35.3 Å². The highest BCUT2D eigenvalue weighted by Crippen LogP contribution is 2.49. The van der Waals surface area contributed by atoms with Crippen LogP contribution in [0.1, 0.15) is 20.7 Å². The number of carboxylic acid groups (broad SMARTS) is 2. The number of carbonyl (C=O) groups is 2. The van der Waals surface area contributed by atoms with Crippen LogP contribution in [0.3, 0.4) is 0 Å². The Balaban J connectivity index is 1.86. The predicted octanol–water partition coefficient (Wildman–Crippen LogP) is 7.10. The second kappa shape index (κ2) is 10.3. The van der Waals surface area contributed by atoms with E-state index in [-0.39, 0.29) is 55.3 Å². The predicted molar refractivity (Wildman–Crippen MR) is 157 cm³/mol. The van der Waals surface area contributed by atoms with Gasteiger partial charge in [-0.25, -0.2) is 9.59 Å². The molecule has 3 heterocycles. The van der Waals surface area contributed by atoms with E-state index in [2.05, 4.69) is 9.97 Å². The molecule has 42 heavy (non-hydrogen) atoms. The van der Waals surface area contributed by atoms with E-state index in [1.807, 2.05) is 0 Å². The first-order valence-corrected chi connectivity index (χ1v) is 13.0. The molecule has 0 atom stereocenters. The molecule has 1 aliphatic carbocycles. The number of phenolic OH excluding ortho intramolecular Hbond substituents is 1. The summed E-state index contributed by atoms with van der Waals surface area (Å²) < 4.78 is 6.06. The first kappa shape index (κ1) is 26.9. The van der Waals surface area contributed by atoms with Crippen LogP contribution in [-0.4, -0.2) is 37.2 Å². The van der Waals surface area contributed by atoms with Crippen LogP contribution in [0.5, 0.6) is 5.75 Å². The molecule has 0 fully saturated rings. The molecule has 2 aliphatic rings. The Kier molecular flexibility index (Phi) is 6.61. The normalized spacial score (nSPS) is 11.2. The van der Waals surface area contributed by atoms with Gasteiger partial charge in [0.15, 0.2) is 5.43 Å². The van der Waals surface area contributed by atoms with Gasteiger partial charge >= 0.3 is 11.9 Å². The van der Waals surface area contributed by atoms with Crippen molar-refractivity contribution in [1.82, 2.24) is 9.97 Å². The van der Waals surface area contributed by atoms with Gasteiger partial charge in [-0.05, 0) is 42.5 Å². The molecular weight excluding hydrogens is 583 g/mol. The molecule has 11 heteroatoms. The van der Waals surface area contributed by atoms with Crippen LogP contribution in [0.25, 0.3) is 55.9 Å². The molecule has 0 bridgehead atoms. The van der Waals surface area contributed by atoms with Gasteiger partial charge < -0.3 is 19.7 Å². The molecule has 0 spiro atoms. The molecule has 6 rings (SSSR count). The first-order chi connectivity index (χ1) is 20.2. The Bertz CT molecular complexity index is 2100. The zero-order valence-corrected chi connectivity index (χ0v) is 22.6. The fourth-order valence-corrected chi connectivity index (χ4v) is 5.51. The van der Waals surface area contributed by atoms with Crippen molar-refractivity contribution in [3.8, 4) is 50.7 Å². The summed E-state index contributed by atoms with van der Waals surface area (Å²) in [5.41, 5.74) is 0.0614. The number of rotatable bonds is 5. The second-order valence-electron chi connectivity index (χ2n) is 9.20. The van der Waals surface area contributed by atoms with Crippen molar-refractivity contribution >= 4 is 46.1 Å². The summed E-state index contributed by atoms with van der Waals surface area (Å²) in [7, 11) is 0. The summed E-state index contributed by atoms with van der Waals surface area (Å²) >= 11 is 13.0. The lowest BCUT2D eigenvalue weighted by Crippen LogP contribution is -2.10. The third-order valence-electron chi connectivity index (χ3n) is 6.73. The van der Waals surface area contributed by atoms with Crippen molar-refractivity contribution in [2.45, 2.75) is 0 Å². The van der Waals surface area contributed by atoms with Gasteiger partial charge in [-0.2, -0.15) is 0 Å². The highest BCUT2D eigenvalue weighted by molar-refractivity contribution is 6.41. The van der Waals surface area contributed by atoms with E-state index in [1.165, 1.54) is 36.7 Å². The van der Waals surface area contributed by atoms with Crippen molar-refractivity contribution in [3.05, 3.63) is 111 Å². The molecule has 3 N–H and O–H groups in total. The first-order valence-electron chi connectivity index (χ1n) is 12.2. The molecule has 0 saturated heterocycles. The summed E-state index contributed by atoms with van der Waals surface area (Å²) in [6.45, 7) is 0. The Hall–Kier alpha value is -5.25. The van der Waals surface area contributed by atoms with Crippen molar-refractivity contribution < 1.29 is 29.3 Å². The molecule has 0 radical (unpaired) electrons. The number of halogens is 2. The van der Waals surface area contributed by atoms with Crippen LogP contribution in [0, 0.1) is 0 Å². The number of hydrogen-bond acceptors (Lipinski definition) is 7. The fourth-order valence-electron chi connectivity index (χ4n) is 4.90. The van der Waals surface area contributed by atoms with E-state index in [0.717, 1.165) is 6.07 Å². The number of aromatic carboxylic acids is 2. The zero-order valence-electron chi connectivity index (χ0n) is 21.1. The Morgan fingerprint density at radius 1 is 0.762 bits per heavy atom. The van der Waals surface area contributed by atoms with Gasteiger partial charge in [0, 0.05) is 57.7 Å². The third kappa shape index (κ3) is 4.41. The van der Waals surface area contributed by atoms with Crippen LogP contribution >= 0.6 is 23.2 Å².